The molecule has 0 atom stereocenters. The molecule has 0 radical (unpaired) electrons. The summed E-state index contributed by atoms with van der Waals surface area (Å²) in [6, 6.07) is 3.82. The summed E-state index contributed by atoms with van der Waals surface area (Å²) in [4.78, 5) is 39.9. The lowest BCUT2D eigenvalue weighted by atomic mass is 10.0. The molecule has 1 N–H and O–H groups in total. The smallest absolute Gasteiger partial charge is 0.409 e. The van der Waals surface area contributed by atoms with Gasteiger partial charge in [-0.15, -0.1) is 0 Å². The Bertz CT molecular complexity index is 768. The Morgan fingerprint density at radius 3 is 2.65 bits per heavy atom. The molecule has 0 spiro atoms. The first-order chi connectivity index (χ1) is 12.6. The van der Waals surface area contributed by atoms with Crippen molar-refractivity contribution in [2.45, 2.75) is 38.6 Å². The number of benzene rings is 1. The molecule has 3 aliphatic heterocycles. The molecule has 4 rings (SSSR count). The number of hydrogen-bond acceptors (Lipinski definition) is 4. The summed E-state index contributed by atoms with van der Waals surface area (Å²) in [5, 5.41) is 3.08. The Labute approximate surface area is 152 Å². The number of hydrogen-bond donors (Lipinski definition) is 1. The number of rotatable bonds is 3. The van der Waals surface area contributed by atoms with Gasteiger partial charge >= 0.3 is 6.09 Å². The van der Waals surface area contributed by atoms with Crippen LogP contribution in [0.2, 0.25) is 0 Å². The third kappa shape index (κ3) is 2.91. The van der Waals surface area contributed by atoms with Gasteiger partial charge in [-0.05, 0) is 49.4 Å². The summed E-state index contributed by atoms with van der Waals surface area (Å²) < 4.78 is 5.02. The highest BCUT2D eigenvalue weighted by atomic mass is 16.6. The van der Waals surface area contributed by atoms with E-state index in [2.05, 4.69) is 5.32 Å². The summed E-state index contributed by atoms with van der Waals surface area (Å²) in [6.07, 6.45) is 2.35. The molecule has 0 saturated carbocycles. The van der Waals surface area contributed by atoms with Crippen LogP contribution in [0.4, 0.5) is 10.5 Å². The number of nitrogens with one attached hydrogen (secondary N) is 1. The molecule has 1 aromatic carbocycles. The number of piperidine rings is 1. The minimum atomic E-state index is -0.284. The molecule has 0 unspecified atom stereocenters. The highest BCUT2D eigenvalue weighted by molar-refractivity contribution is 6.05. The fraction of sp³-hybridized carbons (Fsp3) is 0.526. The summed E-state index contributed by atoms with van der Waals surface area (Å²) in [7, 11) is 0. The van der Waals surface area contributed by atoms with E-state index in [1.54, 1.807) is 11.8 Å². The number of ether oxygens (including phenoxy) is 1. The maximum absolute atomic E-state index is 12.7. The standard InChI is InChI=1S/C19H23N3O4/c1-2-26-19(25)21-6-4-15(5-7-21)20-18(24)14-9-12-3-8-22-16(23)11-13(10-14)17(12)22/h9-10,15H,2-8,11H2,1H3,(H,20,24). The van der Waals surface area contributed by atoms with Gasteiger partial charge in [-0.25, -0.2) is 4.79 Å². The van der Waals surface area contributed by atoms with Crippen molar-refractivity contribution in [3.8, 4) is 0 Å². The predicted molar refractivity (Wildman–Crippen MR) is 95.3 cm³/mol. The van der Waals surface area contributed by atoms with Gasteiger partial charge in [-0.2, -0.15) is 0 Å². The zero-order valence-electron chi connectivity index (χ0n) is 14.9. The lowest BCUT2D eigenvalue weighted by Gasteiger charge is -2.31. The van der Waals surface area contributed by atoms with Crippen molar-refractivity contribution in [1.29, 1.82) is 0 Å². The van der Waals surface area contributed by atoms with Crippen LogP contribution >= 0.6 is 0 Å². The second-order valence-corrected chi connectivity index (χ2v) is 7.05. The minimum Gasteiger partial charge on any atom is -0.450 e. The molecule has 26 heavy (non-hydrogen) atoms. The van der Waals surface area contributed by atoms with Crippen molar-refractivity contribution >= 4 is 23.6 Å². The van der Waals surface area contributed by atoms with E-state index in [-0.39, 0.29) is 23.9 Å². The number of carbonyl (C=O) groups is 3. The van der Waals surface area contributed by atoms with Gasteiger partial charge < -0.3 is 19.9 Å². The van der Waals surface area contributed by atoms with E-state index in [0.29, 0.717) is 44.5 Å². The number of carbonyl (C=O) groups excluding carboxylic acids is 3. The zero-order chi connectivity index (χ0) is 18.3. The molecule has 1 saturated heterocycles. The van der Waals surface area contributed by atoms with Crippen LogP contribution in [0.1, 0.15) is 41.3 Å². The quantitative estimate of drug-likeness (QED) is 0.889. The molecule has 0 aliphatic carbocycles. The molecule has 1 fully saturated rings. The van der Waals surface area contributed by atoms with E-state index in [1.165, 1.54) is 0 Å². The van der Waals surface area contributed by atoms with E-state index in [0.717, 1.165) is 29.8 Å². The topological polar surface area (TPSA) is 79.0 Å². The third-order valence-corrected chi connectivity index (χ3v) is 5.40. The lowest BCUT2D eigenvalue weighted by molar-refractivity contribution is -0.117. The van der Waals surface area contributed by atoms with Crippen LogP contribution in [0.25, 0.3) is 0 Å². The first kappa shape index (κ1) is 16.9. The van der Waals surface area contributed by atoms with Gasteiger partial charge in [0.2, 0.25) is 5.91 Å². The predicted octanol–water partition coefficient (Wildman–Crippen LogP) is 1.48. The lowest BCUT2D eigenvalue weighted by Crippen LogP contribution is -2.46. The van der Waals surface area contributed by atoms with Crippen LogP contribution in [0.15, 0.2) is 12.1 Å². The molecule has 7 heteroatoms. The Hall–Kier alpha value is -2.57. The maximum Gasteiger partial charge on any atom is 0.409 e. The highest BCUT2D eigenvalue weighted by Crippen LogP contribution is 2.38. The normalized spacial score (nSPS) is 18.9. The van der Waals surface area contributed by atoms with Crippen molar-refractivity contribution in [3.63, 3.8) is 0 Å². The van der Waals surface area contributed by atoms with Gasteiger partial charge in [0.05, 0.1) is 18.7 Å². The minimum absolute atomic E-state index is 0.0492. The number of likely N-dealkylation sites (tertiary alicyclic amines) is 1. The fourth-order valence-electron chi connectivity index (χ4n) is 4.10. The van der Waals surface area contributed by atoms with Gasteiger partial charge in [0.1, 0.15) is 0 Å². The fourth-order valence-corrected chi connectivity index (χ4v) is 4.10. The van der Waals surface area contributed by atoms with Crippen LogP contribution in [0.3, 0.4) is 0 Å². The van der Waals surface area contributed by atoms with Crippen molar-refractivity contribution in [2.24, 2.45) is 0 Å². The van der Waals surface area contributed by atoms with Crippen LogP contribution in [0.5, 0.6) is 0 Å². The second kappa shape index (κ2) is 6.63. The molecule has 3 heterocycles. The molecule has 7 nitrogen and oxygen atoms in total. The van der Waals surface area contributed by atoms with Crippen molar-refractivity contribution in [1.82, 2.24) is 10.2 Å². The Balaban J connectivity index is 1.39. The van der Waals surface area contributed by atoms with Crippen LogP contribution in [-0.2, 0) is 22.4 Å². The van der Waals surface area contributed by atoms with Crippen molar-refractivity contribution < 1.29 is 19.1 Å². The Morgan fingerprint density at radius 1 is 1.19 bits per heavy atom. The van der Waals surface area contributed by atoms with E-state index in [4.69, 9.17) is 4.74 Å². The van der Waals surface area contributed by atoms with E-state index < -0.39 is 0 Å². The third-order valence-electron chi connectivity index (χ3n) is 5.40. The molecule has 138 valence electrons. The van der Waals surface area contributed by atoms with Crippen LogP contribution < -0.4 is 10.2 Å². The molecular weight excluding hydrogens is 334 g/mol. The van der Waals surface area contributed by atoms with Gasteiger partial charge in [0, 0.05) is 31.2 Å². The highest BCUT2D eigenvalue weighted by Gasteiger charge is 2.35. The number of anilines is 1. The van der Waals surface area contributed by atoms with E-state index in [9.17, 15) is 14.4 Å². The Kier molecular flexibility index (Phi) is 4.30. The largest absolute Gasteiger partial charge is 0.450 e. The van der Waals surface area contributed by atoms with Gasteiger partial charge in [0.15, 0.2) is 0 Å². The summed E-state index contributed by atoms with van der Waals surface area (Å²) in [5.74, 6) is 0.0269. The maximum atomic E-state index is 12.7. The Morgan fingerprint density at radius 2 is 1.92 bits per heavy atom. The first-order valence-electron chi connectivity index (χ1n) is 9.25. The van der Waals surface area contributed by atoms with Gasteiger partial charge in [-0.1, -0.05) is 0 Å². The van der Waals surface area contributed by atoms with Gasteiger partial charge in [0.25, 0.3) is 5.91 Å². The average Bonchev–Trinajstić information content (AvgIpc) is 3.20. The zero-order valence-corrected chi connectivity index (χ0v) is 14.9. The molecular formula is C19H23N3O4. The summed E-state index contributed by atoms with van der Waals surface area (Å²) in [6.45, 7) is 4.06. The number of amides is 3. The van der Waals surface area contributed by atoms with Gasteiger partial charge in [-0.3, -0.25) is 9.59 Å². The van der Waals surface area contributed by atoms with Crippen molar-refractivity contribution in [2.75, 3.05) is 31.1 Å². The van der Waals surface area contributed by atoms with Crippen LogP contribution in [0, 0.1) is 0 Å². The first-order valence-corrected chi connectivity index (χ1v) is 9.25. The summed E-state index contributed by atoms with van der Waals surface area (Å²) >= 11 is 0. The monoisotopic (exact) mass is 357 g/mol. The number of nitrogens with zero attached hydrogens (tertiary/aromatic N) is 2. The molecule has 1 aromatic rings. The molecule has 3 amide bonds. The second-order valence-electron chi connectivity index (χ2n) is 7.05. The van der Waals surface area contributed by atoms with Crippen LogP contribution in [-0.4, -0.2) is 55.1 Å². The molecule has 0 bridgehead atoms. The SMILES string of the molecule is CCOC(=O)N1CCC(NC(=O)c2cc3c4c(c2)CC(=O)N4CC3)CC1. The molecule has 0 aromatic heterocycles. The van der Waals surface area contributed by atoms with E-state index in [1.807, 2.05) is 17.0 Å². The molecule has 3 aliphatic rings. The van der Waals surface area contributed by atoms with E-state index >= 15 is 0 Å². The summed E-state index contributed by atoms with van der Waals surface area (Å²) in [5.41, 5.74) is 3.71. The average molecular weight is 357 g/mol. The van der Waals surface area contributed by atoms with Crippen molar-refractivity contribution in [3.05, 3.63) is 28.8 Å².